The third kappa shape index (κ3) is 3.59. The van der Waals surface area contributed by atoms with Gasteiger partial charge in [0.05, 0.1) is 0 Å². The van der Waals surface area contributed by atoms with Gasteiger partial charge in [0.25, 0.3) is 0 Å². The van der Waals surface area contributed by atoms with Crippen LogP contribution in [0, 0.1) is 0 Å². The number of carbonyl (C=O) groups excluding carboxylic acids is 1. The first-order chi connectivity index (χ1) is 10.9. The van der Waals surface area contributed by atoms with E-state index < -0.39 is 15.5 Å². The van der Waals surface area contributed by atoms with E-state index in [1.807, 2.05) is 42.5 Å². The van der Waals surface area contributed by atoms with Crippen molar-refractivity contribution in [3.8, 4) is 0 Å². The van der Waals surface area contributed by atoms with Crippen molar-refractivity contribution < 1.29 is 17.1 Å². The maximum absolute atomic E-state index is 13.1. The first-order valence-corrected chi connectivity index (χ1v) is 8.75. The molecule has 2 aromatic rings. The molecule has 0 aromatic heterocycles. The van der Waals surface area contributed by atoms with Crippen LogP contribution in [-0.2, 0) is 21.4 Å². The second-order valence-electron chi connectivity index (χ2n) is 5.63. The van der Waals surface area contributed by atoms with Crippen LogP contribution < -0.4 is 4.90 Å². The van der Waals surface area contributed by atoms with E-state index in [1.54, 1.807) is 12.1 Å². The third-order valence-electron chi connectivity index (χ3n) is 3.99. The number of anilines is 1. The maximum Gasteiger partial charge on any atom is 0.307 e. The number of amides is 1. The molecule has 23 heavy (non-hydrogen) atoms. The Labute approximate surface area is 134 Å². The van der Waals surface area contributed by atoms with Gasteiger partial charge in [-0.2, -0.15) is 8.42 Å². The second-order valence-corrected chi connectivity index (χ2v) is 7.25. The van der Waals surface area contributed by atoms with Gasteiger partial charge < -0.3 is 4.90 Å². The minimum absolute atomic E-state index is 0.129. The molecule has 0 radical (unpaired) electrons. The van der Waals surface area contributed by atoms with E-state index in [2.05, 4.69) is 0 Å². The van der Waals surface area contributed by atoms with Gasteiger partial charge in [-0.15, -0.1) is 3.89 Å². The Morgan fingerprint density at radius 3 is 2.17 bits per heavy atom. The highest BCUT2D eigenvalue weighted by atomic mass is 32.3. The van der Waals surface area contributed by atoms with Gasteiger partial charge in [-0.05, 0) is 29.7 Å². The van der Waals surface area contributed by atoms with E-state index in [4.69, 9.17) is 0 Å². The molecule has 120 valence electrons. The van der Waals surface area contributed by atoms with Gasteiger partial charge in [-0.25, -0.2) is 0 Å². The summed E-state index contributed by atoms with van der Waals surface area (Å²) in [4.78, 5) is 13.2. The molecule has 1 aliphatic heterocycles. The molecule has 1 unspecified atom stereocenters. The monoisotopic (exact) mass is 333 g/mol. The summed E-state index contributed by atoms with van der Waals surface area (Å²) in [5.74, 6) is -0.368. The molecule has 2 aromatic carbocycles. The third-order valence-corrected chi connectivity index (χ3v) is 5.10. The molecule has 0 spiro atoms. The number of hydrogen-bond donors (Lipinski definition) is 0. The number of carbonyl (C=O) groups is 1. The molecule has 0 bridgehead atoms. The molecule has 3 rings (SSSR count). The van der Waals surface area contributed by atoms with Crippen LogP contribution in [0.15, 0.2) is 54.6 Å². The number of hydrogen-bond acceptors (Lipinski definition) is 3. The average molecular weight is 333 g/mol. The largest absolute Gasteiger partial charge is 0.311 e. The van der Waals surface area contributed by atoms with Crippen molar-refractivity contribution in [1.29, 1.82) is 0 Å². The van der Waals surface area contributed by atoms with E-state index in [1.165, 1.54) is 10.5 Å². The molecule has 0 N–H and O–H groups in total. The summed E-state index contributed by atoms with van der Waals surface area (Å²) in [6.07, 6.45) is 0.473. The van der Waals surface area contributed by atoms with Gasteiger partial charge in [0.1, 0.15) is 5.25 Å². The Balaban J connectivity index is 1.74. The highest BCUT2D eigenvalue weighted by molar-refractivity contribution is 7.87. The number of rotatable bonds is 4. The molecule has 0 saturated carbocycles. The van der Waals surface area contributed by atoms with Gasteiger partial charge in [-0.3, -0.25) is 4.79 Å². The quantitative estimate of drug-likeness (QED) is 0.809. The molecule has 6 heteroatoms. The van der Waals surface area contributed by atoms with Crippen LogP contribution in [0.2, 0.25) is 0 Å². The molecule has 1 amide bonds. The number of nitrogens with zero attached hydrogens (tertiary/aromatic N) is 1. The Bertz CT molecular complexity index is 803. The summed E-state index contributed by atoms with van der Waals surface area (Å²) in [6.45, 7) is -0.129. The van der Waals surface area contributed by atoms with E-state index in [0.29, 0.717) is 5.69 Å². The van der Waals surface area contributed by atoms with Crippen LogP contribution in [0.1, 0.15) is 17.5 Å². The Morgan fingerprint density at radius 1 is 1.00 bits per heavy atom. The maximum atomic E-state index is 13.1. The highest BCUT2D eigenvalue weighted by Gasteiger charge is 2.38. The molecule has 1 heterocycles. The normalized spacial score (nSPS) is 18.4. The van der Waals surface area contributed by atoms with E-state index in [-0.39, 0.29) is 18.9 Å². The molecule has 1 fully saturated rings. The predicted molar refractivity (Wildman–Crippen MR) is 86.5 cm³/mol. The molecule has 1 saturated heterocycles. The standard InChI is InChI=1S/C17H16FNO3S/c18-23(21,22)16-11-17(20)19(12-16)15-8-6-14(7-9-15)10-13-4-2-1-3-5-13/h1-9,16H,10-12H2. The minimum atomic E-state index is -4.69. The summed E-state index contributed by atoms with van der Waals surface area (Å²) in [6, 6.07) is 17.3. The van der Waals surface area contributed by atoms with Crippen molar-refractivity contribution in [3.05, 3.63) is 65.7 Å². The van der Waals surface area contributed by atoms with E-state index in [0.717, 1.165) is 12.0 Å². The topological polar surface area (TPSA) is 54.5 Å². The highest BCUT2D eigenvalue weighted by Crippen LogP contribution is 2.26. The van der Waals surface area contributed by atoms with E-state index >= 15 is 0 Å². The second kappa shape index (κ2) is 6.12. The Kier molecular flexibility index (Phi) is 4.17. The Hall–Kier alpha value is -2.21. The molecule has 4 nitrogen and oxygen atoms in total. The van der Waals surface area contributed by atoms with Crippen LogP contribution in [0.25, 0.3) is 0 Å². The average Bonchev–Trinajstić information content (AvgIpc) is 2.91. The van der Waals surface area contributed by atoms with Crippen LogP contribution in [0.4, 0.5) is 9.57 Å². The molecular weight excluding hydrogens is 317 g/mol. The molecule has 1 atom stereocenters. The first-order valence-electron chi connectivity index (χ1n) is 7.30. The van der Waals surface area contributed by atoms with Crippen molar-refractivity contribution in [3.63, 3.8) is 0 Å². The lowest BCUT2D eigenvalue weighted by molar-refractivity contribution is -0.117. The molecular formula is C17H16FNO3S. The SMILES string of the molecule is O=C1CC(S(=O)(=O)F)CN1c1ccc(Cc2ccccc2)cc1. The van der Waals surface area contributed by atoms with E-state index in [9.17, 15) is 17.1 Å². The first kappa shape index (κ1) is 15.7. The summed E-state index contributed by atoms with van der Waals surface area (Å²) in [5.41, 5.74) is 2.86. The van der Waals surface area contributed by atoms with Crippen molar-refractivity contribution in [2.45, 2.75) is 18.1 Å². The van der Waals surface area contributed by atoms with Gasteiger partial charge in [-0.1, -0.05) is 42.5 Å². The summed E-state index contributed by atoms with van der Waals surface area (Å²) >= 11 is 0. The fraction of sp³-hybridized carbons (Fsp3) is 0.235. The smallest absolute Gasteiger partial charge is 0.307 e. The summed E-state index contributed by atoms with van der Waals surface area (Å²) < 4.78 is 35.0. The van der Waals surface area contributed by atoms with Crippen molar-refractivity contribution in [2.75, 3.05) is 11.4 Å². The van der Waals surface area contributed by atoms with Crippen molar-refractivity contribution in [1.82, 2.24) is 0 Å². The lowest BCUT2D eigenvalue weighted by atomic mass is 10.0. The van der Waals surface area contributed by atoms with Crippen LogP contribution in [0.5, 0.6) is 0 Å². The van der Waals surface area contributed by atoms with Crippen LogP contribution in [-0.4, -0.2) is 26.1 Å². The lowest BCUT2D eigenvalue weighted by Crippen LogP contribution is -2.26. The number of halogens is 1. The fourth-order valence-corrected chi connectivity index (χ4v) is 3.41. The van der Waals surface area contributed by atoms with Gasteiger partial charge in [0.15, 0.2) is 0 Å². The lowest BCUT2D eigenvalue weighted by Gasteiger charge is -2.16. The summed E-state index contributed by atoms with van der Waals surface area (Å²) in [5, 5.41) is -1.26. The minimum Gasteiger partial charge on any atom is -0.311 e. The fourth-order valence-electron chi connectivity index (χ4n) is 2.74. The Morgan fingerprint density at radius 2 is 1.61 bits per heavy atom. The van der Waals surface area contributed by atoms with Crippen LogP contribution >= 0.6 is 0 Å². The van der Waals surface area contributed by atoms with Gasteiger partial charge in [0, 0.05) is 18.7 Å². The van der Waals surface area contributed by atoms with Crippen molar-refractivity contribution in [2.24, 2.45) is 0 Å². The van der Waals surface area contributed by atoms with Crippen molar-refractivity contribution >= 4 is 21.8 Å². The summed E-state index contributed by atoms with van der Waals surface area (Å²) in [7, 11) is -4.69. The molecule has 0 aliphatic carbocycles. The van der Waals surface area contributed by atoms with Gasteiger partial charge in [0.2, 0.25) is 5.91 Å². The number of benzene rings is 2. The molecule has 1 aliphatic rings. The zero-order chi connectivity index (χ0) is 16.4. The zero-order valence-corrected chi connectivity index (χ0v) is 13.2. The zero-order valence-electron chi connectivity index (χ0n) is 12.4. The van der Waals surface area contributed by atoms with Gasteiger partial charge >= 0.3 is 10.2 Å². The van der Waals surface area contributed by atoms with Crippen LogP contribution in [0.3, 0.4) is 0 Å². The predicted octanol–water partition coefficient (Wildman–Crippen LogP) is 2.68.